The molecule has 0 aliphatic heterocycles. The Balaban J connectivity index is 2.66. The van der Waals surface area contributed by atoms with Gasteiger partial charge in [-0.3, -0.25) is 19.5 Å². The summed E-state index contributed by atoms with van der Waals surface area (Å²) in [6.07, 6.45) is 0. The molecule has 0 heterocycles. The Hall–Kier alpha value is -2.05. The molecular formula is C20H23ClNO6P. The van der Waals surface area contributed by atoms with E-state index in [1.807, 2.05) is 0 Å². The SMILES string of the molecule is CCOP(=O)(OCC)[C@@H](C(=O)c1ccccc1)[C@@H](C[N+](=O)[O-])c1ccc(Cl)cc1. The highest BCUT2D eigenvalue weighted by Crippen LogP contribution is 2.58. The van der Waals surface area contributed by atoms with Gasteiger partial charge < -0.3 is 9.05 Å². The van der Waals surface area contributed by atoms with Gasteiger partial charge in [-0.25, -0.2) is 0 Å². The van der Waals surface area contributed by atoms with Gasteiger partial charge in [0.1, 0.15) is 5.66 Å². The van der Waals surface area contributed by atoms with Crippen LogP contribution >= 0.6 is 19.2 Å². The van der Waals surface area contributed by atoms with Crippen molar-refractivity contribution >= 4 is 25.0 Å². The first kappa shape index (κ1) is 23.2. The average Bonchev–Trinajstić information content (AvgIpc) is 2.68. The number of ketones is 1. The summed E-state index contributed by atoms with van der Waals surface area (Å²) in [6, 6.07) is 14.5. The highest BCUT2D eigenvalue weighted by atomic mass is 35.5. The van der Waals surface area contributed by atoms with Crippen molar-refractivity contribution in [2.75, 3.05) is 19.8 Å². The van der Waals surface area contributed by atoms with Gasteiger partial charge >= 0.3 is 7.60 Å². The summed E-state index contributed by atoms with van der Waals surface area (Å²) >= 11 is 5.94. The van der Waals surface area contributed by atoms with E-state index in [1.54, 1.807) is 68.4 Å². The fraction of sp³-hybridized carbons (Fsp3) is 0.350. The predicted octanol–water partition coefficient (Wildman–Crippen LogP) is 5.22. The van der Waals surface area contributed by atoms with Crippen LogP contribution in [0.25, 0.3) is 0 Å². The Kier molecular flexibility index (Phi) is 8.53. The number of carbonyl (C=O) groups excluding carboxylic acids is 1. The molecule has 9 heteroatoms. The van der Waals surface area contributed by atoms with Crippen LogP contribution < -0.4 is 0 Å². The maximum atomic E-state index is 13.7. The van der Waals surface area contributed by atoms with E-state index in [9.17, 15) is 19.5 Å². The van der Waals surface area contributed by atoms with E-state index in [1.165, 1.54) is 0 Å². The van der Waals surface area contributed by atoms with Gasteiger partial charge in [0.25, 0.3) is 0 Å². The number of benzene rings is 2. The first-order chi connectivity index (χ1) is 13.8. The summed E-state index contributed by atoms with van der Waals surface area (Å²) in [5, 5.41) is 11.9. The fourth-order valence-electron chi connectivity index (χ4n) is 3.14. The van der Waals surface area contributed by atoms with Crippen LogP contribution in [0.3, 0.4) is 0 Å². The van der Waals surface area contributed by atoms with Gasteiger partial charge in [-0.15, -0.1) is 0 Å². The van der Waals surface area contributed by atoms with Crippen LogP contribution in [0.2, 0.25) is 5.02 Å². The maximum Gasteiger partial charge on any atom is 0.342 e. The number of rotatable bonds is 11. The van der Waals surface area contributed by atoms with Crippen LogP contribution in [0.5, 0.6) is 0 Å². The smallest absolute Gasteiger partial charge is 0.308 e. The summed E-state index contributed by atoms with van der Waals surface area (Å²) in [6.45, 7) is 2.69. The predicted molar refractivity (Wildman–Crippen MR) is 111 cm³/mol. The Bertz CT molecular complexity index is 864. The molecule has 0 N–H and O–H groups in total. The second kappa shape index (κ2) is 10.6. The van der Waals surface area contributed by atoms with E-state index >= 15 is 0 Å². The molecule has 2 aromatic rings. The molecule has 7 nitrogen and oxygen atoms in total. The lowest BCUT2D eigenvalue weighted by atomic mass is 9.91. The van der Waals surface area contributed by atoms with Crippen molar-refractivity contribution in [2.45, 2.75) is 25.4 Å². The molecule has 0 fully saturated rings. The summed E-state index contributed by atoms with van der Waals surface area (Å²) in [7, 11) is -4.03. The number of hydrogen-bond acceptors (Lipinski definition) is 6. The van der Waals surface area contributed by atoms with Crippen molar-refractivity contribution in [3.05, 3.63) is 80.9 Å². The number of halogens is 1. The minimum atomic E-state index is -4.03. The molecule has 29 heavy (non-hydrogen) atoms. The Morgan fingerprint density at radius 3 is 2.10 bits per heavy atom. The molecule has 2 atom stereocenters. The first-order valence-corrected chi connectivity index (χ1v) is 11.2. The van der Waals surface area contributed by atoms with Crippen LogP contribution in [-0.4, -0.2) is 36.1 Å². The average molecular weight is 440 g/mol. The van der Waals surface area contributed by atoms with Crippen LogP contribution in [0.15, 0.2) is 54.6 Å². The third kappa shape index (κ3) is 5.97. The number of nitrogens with zero attached hydrogens (tertiary/aromatic N) is 1. The number of carbonyl (C=O) groups is 1. The van der Waals surface area contributed by atoms with Gasteiger partial charge in [-0.1, -0.05) is 54.1 Å². The topological polar surface area (TPSA) is 95.7 Å². The molecule has 0 aromatic heterocycles. The molecule has 0 aliphatic carbocycles. The standard InChI is InChI=1S/C20H23ClNO6P/c1-3-27-29(26,28-4-2)20(19(23)16-8-6-5-7-9-16)18(14-22(24)25)15-10-12-17(21)13-11-15/h5-13,18,20H,3-4,14H2,1-2H3/t18-,20+/m0/s1. The molecule has 2 rings (SSSR count). The molecule has 0 saturated heterocycles. The third-order valence-electron chi connectivity index (χ3n) is 4.31. The lowest BCUT2D eigenvalue weighted by molar-refractivity contribution is -0.483. The zero-order valence-corrected chi connectivity index (χ0v) is 17.8. The quantitative estimate of drug-likeness (QED) is 0.206. The molecule has 0 bridgehead atoms. The zero-order chi connectivity index (χ0) is 21.4. The molecule has 0 spiro atoms. The van der Waals surface area contributed by atoms with E-state index in [-0.39, 0.29) is 18.8 Å². The molecule has 0 saturated carbocycles. The monoisotopic (exact) mass is 439 g/mol. The third-order valence-corrected chi connectivity index (χ3v) is 7.07. The molecule has 0 aliphatic rings. The van der Waals surface area contributed by atoms with E-state index in [0.29, 0.717) is 10.6 Å². The lowest BCUT2D eigenvalue weighted by Crippen LogP contribution is -2.34. The minimum absolute atomic E-state index is 0.0294. The van der Waals surface area contributed by atoms with Crippen molar-refractivity contribution in [1.82, 2.24) is 0 Å². The van der Waals surface area contributed by atoms with Gasteiger partial charge in [0.2, 0.25) is 6.54 Å². The van der Waals surface area contributed by atoms with Gasteiger partial charge in [0, 0.05) is 15.5 Å². The number of nitro groups is 1. The number of Topliss-reactive ketones (excluding diaryl/α,β-unsaturated/α-hetero) is 1. The Morgan fingerprint density at radius 2 is 1.62 bits per heavy atom. The van der Waals surface area contributed by atoms with Crippen molar-refractivity contribution in [1.29, 1.82) is 0 Å². The Morgan fingerprint density at radius 1 is 1.07 bits per heavy atom. The second-order valence-corrected chi connectivity index (χ2v) is 8.81. The number of hydrogen-bond donors (Lipinski definition) is 0. The Labute approximate surface area is 174 Å². The maximum absolute atomic E-state index is 13.7. The molecule has 0 radical (unpaired) electrons. The largest absolute Gasteiger partial charge is 0.342 e. The van der Waals surface area contributed by atoms with Gasteiger partial charge in [-0.2, -0.15) is 0 Å². The van der Waals surface area contributed by atoms with E-state index in [0.717, 1.165) is 0 Å². The van der Waals surface area contributed by atoms with Crippen molar-refractivity contribution in [3.8, 4) is 0 Å². The lowest BCUT2D eigenvalue weighted by Gasteiger charge is -2.30. The fourth-order valence-corrected chi connectivity index (χ4v) is 5.52. The van der Waals surface area contributed by atoms with Crippen LogP contribution in [0, 0.1) is 10.1 Å². The molecule has 0 amide bonds. The van der Waals surface area contributed by atoms with E-state index < -0.39 is 36.4 Å². The normalized spacial score (nSPS) is 13.6. The first-order valence-electron chi connectivity index (χ1n) is 9.17. The summed E-state index contributed by atoms with van der Waals surface area (Å²) in [5.74, 6) is -1.56. The molecular weight excluding hydrogens is 417 g/mol. The minimum Gasteiger partial charge on any atom is -0.308 e. The summed E-state index contributed by atoms with van der Waals surface area (Å²) in [5.41, 5.74) is -0.643. The highest BCUT2D eigenvalue weighted by Gasteiger charge is 2.48. The summed E-state index contributed by atoms with van der Waals surface area (Å²) in [4.78, 5) is 24.3. The molecule has 0 unspecified atom stereocenters. The van der Waals surface area contributed by atoms with Gasteiger partial charge in [-0.05, 0) is 31.5 Å². The van der Waals surface area contributed by atoms with Crippen molar-refractivity contribution in [2.24, 2.45) is 0 Å². The molecule has 2 aromatic carbocycles. The van der Waals surface area contributed by atoms with Crippen molar-refractivity contribution < 1.29 is 23.3 Å². The van der Waals surface area contributed by atoms with Gasteiger partial charge in [0.15, 0.2) is 5.78 Å². The zero-order valence-electron chi connectivity index (χ0n) is 16.2. The summed E-state index contributed by atoms with van der Waals surface area (Å²) < 4.78 is 24.6. The second-order valence-electron chi connectivity index (χ2n) is 6.22. The molecule has 156 valence electrons. The highest BCUT2D eigenvalue weighted by molar-refractivity contribution is 7.56. The van der Waals surface area contributed by atoms with E-state index in [4.69, 9.17) is 20.6 Å². The van der Waals surface area contributed by atoms with Gasteiger partial charge in [0.05, 0.1) is 19.1 Å². The van der Waals surface area contributed by atoms with E-state index in [2.05, 4.69) is 0 Å². The van der Waals surface area contributed by atoms with Crippen LogP contribution in [-0.2, 0) is 13.6 Å². The van der Waals surface area contributed by atoms with Crippen molar-refractivity contribution in [3.63, 3.8) is 0 Å². The van der Waals surface area contributed by atoms with Crippen LogP contribution in [0.1, 0.15) is 35.7 Å². The van der Waals surface area contributed by atoms with Crippen LogP contribution in [0.4, 0.5) is 0 Å².